The average molecular weight is 210 g/mol. The largest absolute Gasteiger partial charge is 0.341 e. The van der Waals surface area contributed by atoms with Gasteiger partial charge in [-0.2, -0.15) is 5.26 Å². The van der Waals surface area contributed by atoms with Crippen LogP contribution in [0.4, 0.5) is 0 Å². The number of carbonyl (C=O) groups is 1. The van der Waals surface area contributed by atoms with Crippen molar-refractivity contribution in [2.75, 3.05) is 7.05 Å². The predicted octanol–water partition coefficient (Wildman–Crippen LogP) is 2.57. The average Bonchev–Trinajstić information content (AvgIpc) is 2.28. The van der Waals surface area contributed by atoms with Gasteiger partial charge in [0.2, 0.25) is 5.91 Å². The van der Waals surface area contributed by atoms with E-state index in [1.807, 2.05) is 6.92 Å². The molecule has 0 aromatic carbocycles. The van der Waals surface area contributed by atoms with Crippen molar-refractivity contribution in [3.05, 3.63) is 0 Å². The van der Waals surface area contributed by atoms with Gasteiger partial charge < -0.3 is 4.90 Å². The predicted molar refractivity (Wildman–Crippen MR) is 61.2 cm³/mol. The minimum atomic E-state index is -0.864. The second-order valence-corrected chi connectivity index (χ2v) is 4.18. The van der Waals surface area contributed by atoms with Gasteiger partial charge in [-0.25, -0.2) is 0 Å². The molecule has 0 aliphatic heterocycles. The van der Waals surface area contributed by atoms with Gasteiger partial charge in [-0.15, -0.1) is 0 Å². The molecule has 15 heavy (non-hydrogen) atoms. The summed E-state index contributed by atoms with van der Waals surface area (Å²) in [6.07, 6.45) is 2.43. The summed E-state index contributed by atoms with van der Waals surface area (Å²) in [4.78, 5) is 13.8. The molecule has 0 fully saturated rings. The lowest BCUT2D eigenvalue weighted by Crippen LogP contribution is -2.44. The summed E-state index contributed by atoms with van der Waals surface area (Å²) in [6, 6.07) is 2.37. The molecule has 0 saturated heterocycles. The van der Waals surface area contributed by atoms with Gasteiger partial charge in [0.25, 0.3) is 0 Å². The normalized spacial score (nSPS) is 14.5. The van der Waals surface area contributed by atoms with Crippen LogP contribution in [0.15, 0.2) is 0 Å². The van der Waals surface area contributed by atoms with Gasteiger partial charge >= 0.3 is 0 Å². The van der Waals surface area contributed by atoms with Crippen LogP contribution < -0.4 is 0 Å². The van der Waals surface area contributed by atoms with E-state index in [2.05, 4.69) is 19.9 Å². The minimum absolute atomic E-state index is 0.0544. The molecule has 1 atom stereocenters. The third-order valence-electron chi connectivity index (χ3n) is 3.24. The maximum absolute atomic E-state index is 12.1. The zero-order valence-corrected chi connectivity index (χ0v) is 10.5. The molecule has 3 heteroatoms. The lowest BCUT2D eigenvalue weighted by atomic mass is 9.87. The first-order valence-electron chi connectivity index (χ1n) is 5.65. The number of nitriles is 1. The molecule has 1 unspecified atom stereocenters. The molecule has 0 spiro atoms. The Hall–Kier alpha value is -1.04. The number of amides is 1. The van der Waals surface area contributed by atoms with Crippen LogP contribution in [0.1, 0.15) is 47.0 Å². The minimum Gasteiger partial charge on any atom is -0.341 e. The molecule has 0 aliphatic carbocycles. The number of hydrogen-bond acceptors (Lipinski definition) is 2. The van der Waals surface area contributed by atoms with Crippen molar-refractivity contribution in [2.45, 2.75) is 53.0 Å². The first kappa shape index (κ1) is 14.0. The fraction of sp³-hybridized carbons (Fsp3) is 0.833. The molecule has 86 valence electrons. The van der Waals surface area contributed by atoms with Crippen molar-refractivity contribution in [3.63, 3.8) is 0 Å². The highest BCUT2D eigenvalue weighted by atomic mass is 16.2. The molecule has 3 nitrogen and oxygen atoms in total. The van der Waals surface area contributed by atoms with E-state index < -0.39 is 5.41 Å². The Morgan fingerprint density at radius 2 is 1.87 bits per heavy atom. The van der Waals surface area contributed by atoms with Crippen LogP contribution in [0.3, 0.4) is 0 Å². The van der Waals surface area contributed by atoms with Gasteiger partial charge in [0, 0.05) is 13.1 Å². The third kappa shape index (κ3) is 2.95. The smallest absolute Gasteiger partial charge is 0.242 e. The molecule has 0 aromatic heterocycles. The summed E-state index contributed by atoms with van der Waals surface area (Å²) >= 11 is 0. The molecule has 0 rings (SSSR count). The van der Waals surface area contributed by atoms with Crippen molar-refractivity contribution in [1.29, 1.82) is 5.26 Å². The summed E-state index contributed by atoms with van der Waals surface area (Å²) in [6.45, 7) is 7.72. The molecule has 1 amide bonds. The van der Waals surface area contributed by atoms with Crippen molar-refractivity contribution >= 4 is 5.91 Å². The van der Waals surface area contributed by atoms with E-state index in [0.29, 0.717) is 6.42 Å². The molecule has 0 radical (unpaired) electrons. The molecule has 0 N–H and O–H groups in total. The van der Waals surface area contributed by atoms with Gasteiger partial charge in [-0.1, -0.05) is 20.8 Å². The molecular formula is C12H22N2O. The van der Waals surface area contributed by atoms with Crippen LogP contribution in [0.25, 0.3) is 0 Å². The van der Waals surface area contributed by atoms with Gasteiger partial charge in [-0.05, 0) is 26.2 Å². The molecule has 0 bridgehead atoms. The third-order valence-corrected chi connectivity index (χ3v) is 3.24. The second kappa shape index (κ2) is 5.75. The Labute approximate surface area is 93.1 Å². The number of rotatable bonds is 5. The van der Waals surface area contributed by atoms with Crippen molar-refractivity contribution in [1.82, 2.24) is 4.90 Å². The highest BCUT2D eigenvalue weighted by Gasteiger charge is 2.35. The first-order valence-corrected chi connectivity index (χ1v) is 5.65. The van der Waals surface area contributed by atoms with E-state index in [-0.39, 0.29) is 11.9 Å². The zero-order valence-electron chi connectivity index (χ0n) is 10.5. The zero-order chi connectivity index (χ0) is 12.1. The van der Waals surface area contributed by atoms with E-state index in [1.54, 1.807) is 18.9 Å². The fourth-order valence-electron chi connectivity index (χ4n) is 1.67. The number of hydrogen-bond donors (Lipinski definition) is 0. The van der Waals surface area contributed by atoms with E-state index in [1.165, 1.54) is 0 Å². The highest BCUT2D eigenvalue weighted by molar-refractivity contribution is 5.85. The van der Waals surface area contributed by atoms with E-state index in [9.17, 15) is 4.79 Å². The van der Waals surface area contributed by atoms with Crippen LogP contribution >= 0.6 is 0 Å². The van der Waals surface area contributed by atoms with E-state index in [0.717, 1.165) is 12.8 Å². The van der Waals surface area contributed by atoms with Crippen molar-refractivity contribution in [2.24, 2.45) is 5.41 Å². The summed E-state index contributed by atoms with van der Waals surface area (Å²) in [5.74, 6) is -0.0544. The quantitative estimate of drug-likeness (QED) is 0.700. The van der Waals surface area contributed by atoms with Gasteiger partial charge in [0.15, 0.2) is 0 Å². The Kier molecular flexibility index (Phi) is 5.35. The summed E-state index contributed by atoms with van der Waals surface area (Å²) < 4.78 is 0. The lowest BCUT2D eigenvalue weighted by molar-refractivity contribution is -0.139. The monoisotopic (exact) mass is 210 g/mol. The van der Waals surface area contributed by atoms with E-state index in [4.69, 9.17) is 5.26 Å². The Morgan fingerprint density at radius 3 is 2.13 bits per heavy atom. The van der Waals surface area contributed by atoms with E-state index >= 15 is 0 Å². The second-order valence-electron chi connectivity index (χ2n) is 4.18. The molecular weight excluding hydrogens is 188 g/mol. The molecule has 0 saturated carbocycles. The summed E-state index contributed by atoms with van der Waals surface area (Å²) in [5.41, 5.74) is -0.864. The maximum Gasteiger partial charge on any atom is 0.242 e. The molecule has 0 heterocycles. The topological polar surface area (TPSA) is 44.1 Å². The van der Waals surface area contributed by atoms with Crippen LogP contribution in [0.2, 0.25) is 0 Å². The summed E-state index contributed by atoms with van der Waals surface area (Å²) in [7, 11) is 1.80. The van der Waals surface area contributed by atoms with Gasteiger partial charge in [0.1, 0.15) is 5.41 Å². The van der Waals surface area contributed by atoms with Crippen LogP contribution in [0.5, 0.6) is 0 Å². The van der Waals surface area contributed by atoms with Crippen LogP contribution in [-0.2, 0) is 4.79 Å². The van der Waals surface area contributed by atoms with Gasteiger partial charge in [0.05, 0.1) is 6.07 Å². The Morgan fingerprint density at radius 1 is 1.40 bits per heavy atom. The molecule has 0 aliphatic rings. The van der Waals surface area contributed by atoms with Crippen LogP contribution in [0, 0.1) is 16.7 Å². The SMILES string of the molecule is CCC(CC)N(C)C(=O)C(C)(C#N)CC. The Balaban J connectivity index is 4.78. The first-order chi connectivity index (χ1) is 6.96. The number of carbonyl (C=O) groups excluding carboxylic acids is 1. The summed E-state index contributed by atoms with van der Waals surface area (Å²) in [5, 5.41) is 9.03. The maximum atomic E-state index is 12.1. The Bertz CT molecular complexity index is 253. The van der Waals surface area contributed by atoms with Crippen molar-refractivity contribution in [3.8, 4) is 6.07 Å². The van der Waals surface area contributed by atoms with Crippen molar-refractivity contribution < 1.29 is 4.79 Å². The van der Waals surface area contributed by atoms with Gasteiger partial charge in [-0.3, -0.25) is 4.79 Å². The molecule has 0 aromatic rings. The van der Waals surface area contributed by atoms with Crippen LogP contribution in [-0.4, -0.2) is 23.9 Å². The standard InChI is InChI=1S/C12H22N2O/c1-6-10(7-2)14(5)11(15)12(4,8-3)9-13/h10H,6-8H2,1-5H3. The fourth-order valence-corrected chi connectivity index (χ4v) is 1.67. The number of nitrogens with zero attached hydrogens (tertiary/aromatic N) is 2. The lowest BCUT2D eigenvalue weighted by Gasteiger charge is -2.31. The highest BCUT2D eigenvalue weighted by Crippen LogP contribution is 2.24.